The van der Waals surface area contributed by atoms with Crippen LogP contribution in [0.2, 0.25) is 0 Å². The fraction of sp³-hybridized carbons (Fsp3) is 0.0769. The molecular weight excluding hydrogens is 329 g/mol. The van der Waals surface area contributed by atoms with Gasteiger partial charge in [-0.2, -0.15) is 0 Å². The highest BCUT2D eigenvalue weighted by atomic mass is 79.9. The average molecular weight is 340 g/mol. The van der Waals surface area contributed by atoms with Gasteiger partial charge in [0.25, 0.3) is 0 Å². The van der Waals surface area contributed by atoms with Gasteiger partial charge >= 0.3 is 0 Å². The van der Waals surface area contributed by atoms with E-state index in [-0.39, 0.29) is 18.3 Å². The van der Waals surface area contributed by atoms with Gasteiger partial charge in [-0.1, -0.05) is 5.16 Å². The molecule has 3 N–H and O–H groups in total. The maximum absolute atomic E-state index is 12.9. The van der Waals surface area contributed by atoms with E-state index >= 15 is 0 Å². The van der Waals surface area contributed by atoms with Crippen LogP contribution in [0.25, 0.3) is 0 Å². The number of amidine groups is 1. The summed E-state index contributed by atoms with van der Waals surface area (Å²) in [5, 5.41) is 11.5. The van der Waals surface area contributed by atoms with Crippen LogP contribution in [0.3, 0.4) is 0 Å². The first-order valence-electron chi connectivity index (χ1n) is 5.61. The molecule has 0 radical (unpaired) electrons. The molecule has 1 heterocycles. The maximum Gasteiger partial charge on any atom is 0.188 e. The lowest BCUT2D eigenvalue weighted by Crippen LogP contribution is -2.15. The second kappa shape index (κ2) is 6.33. The van der Waals surface area contributed by atoms with Crippen molar-refractivity contribution in [3.63, 3.8) is 0 Å². The van der Waals surface area contributed by atoms with Crippen molar-refractivity contribution in [3.05, 3.63) is 58.1 Å². The zero-order valence-corrected chi connectivity index (χ0v) is 11.8. The zero-order valence-electron chi connectivity index (χ0n) is 10.3. The predicted molar refractivity (Wildman–Crippen MR) is 75.2 cm³/mol. The van der Waals surface area contributed by atoms with Crippen molar-refractivity contribution in [2.75, 3.05) is 0 Å². The lowest BCUT2D eigenvalue weighted by Gasteiger charge is -2.09. The summed E-state index contributed by atoms with van der Waals surface area (Å²) >= 11 is 3.22. The highest BCUT2D eigenvalue weighted by Gasteiger charge is 2.05. The summed E-state index contributed by atoms with van der Waals surface area (Å²) in [6.07, 6.45) is 1.53. The van der Waals surface area contributed by atoms with E-state index in [4.69, 9.17) is 15.7 Å². The number of benzene rings is 1. The molecule has 0 unspecified atom stereocenters. The van der Waals surface area contributed by atoms with Crippen molar-refractivity contribution in [1.29, 1.82) is 0 Å². The van der Waals surface area contributed by atoms with Gasteiger partial charge in [0.15, 0.2) is 5.84 Å². The maximum atomic E-state index is 12.9. The third-order valence-corrected chi connectivity index (χ3v) is 3.10. The molecule has 104 valence electrons. The molecule has 0 fully saturated rings. The van der Waals surface area contributed by atoms with Crippen molar-refractivity contribution in [2.24, 2.45) is 10.9 Å². The lowest BCUT2D eigenvalue weighted by molar-refractivity contribution is 0.303. The van der Waals surface area contributed by atoms with Gasteiger partial charge in [0.1, 0.15) is 23.9 Å². The van der Waals surface area contributed by atoms with Crippen LogP contribution in [0, 0.1) is 5.82 Å². The Kier molecular flexibility index (Phi) is 4.52. The number of ether oxygens (including phenoxy) is 1. The van der Waals surface area contributed by atoms with E-state index in [1.165, 1.54) is 24.4 Å². The highest BCUT2D eigenvalue weighted by Crippen LogP contribution is 2.26. The van der Waals surface area contributed by atoms with Crippen molar-refractivity contribution in [3.8, 4) is 5.75 Å². The number of hydrogen-bond donors (Lipinski definition) is 2. The van der Waals surface area contributed by atoms with E-state index in [9.17, 15) is 4.39 Å². The smallest absolute Gasteiger partial charge is 0.188 e. The van der Waals surface area contributed by atoms with Crippen LogP contribution < -0.4 is 10.5 Å². The number of aromatic nitrogens is 1. The summed E-state index contributed by atoms with van der Waals surface area (Å²) in [6, 6.07) is 7.56. The van der Waals surface area contributed by atoms with Crippen LogP contribution in [0.15, 0.2) is 46.2 Å². The molecule has 0 saturated heterocycles. The first-order valence-corrected chi connectivity index (χ1v) is 6.40. The summed E-state index contributed by atoms with van der Waals surface area (Å²) in [4.78, 5) is 3.96. The van der Waals surface area contributed by atoms with Gasteiger partial charge in [-0.3, -0.25) is 4.98 Å². The first kappa shape index (κ1) is 14.3. The van der Waals surface area contributed by atoms with Crippen LogP contribution >= 0.6 is 15.9 Å². The van der Waals surface area contributed by atoms with Crippen LogP contribution in [0.5, 0.6) is 5.75 Å². The Morgan fingerprint density at radius 3 is 2.90 bits per heavy atom. The minimum atomic E-state index is -0.345. The zero-order chi connectivity index (χ0) is 14.5. The SMILES string of the molecule is NC(=NO)c1cc(COc2ccc(F)cc2Br)ccn1. The van der Waals surface area contributed by atoms with Gasteiger partial charge in [-0.25, -0.2) is 4.39 Å². The van der Waals surface area contributed by atoms with E-state index in [0.717, 1.165) is 5.56 Å². The van der Waals surface area contributed by atoms with Gasteiger partial charge in [-0.15, -0.1) is 0 Å². The summed E-state index contributed by atoms with van der Waals surface area (Å²) < 4.78 is 19.0. The molecular formula is C13H11BrFN3O2. The van der Waals surface area contributed by atoms with Crippen molar-refractivity contribution < 1.29 is 14.3 Å². The number of halogens is 2. The van der Waals surface area contributed by atoms with Crippen LogP contribution in [0.1, 0.15) is 11.3 Å². The molecule has 5 nitrogen and oxygen atoms in total. The Labute approximate surface area is 123 Å². The summed E-state index contributed by atoms with van der Waals surface area (Å²) in [6.45, 7) is 0.248. The third kappa shape index (κ3) is 3.45. The molecule has 1 aromatic heterocycles. The molecule has 0 saturated carbocycles. The molecule has 0 spiro atoms. The first-order chi connectivity index (χ1) is 9.60. The lowest BCUT2D eigenvalue weighted by atomic mass is 10.2. The molecule has 7 heteroatoms. The number of pyridine rings is 1. The van der Waals surface area contributed by atoms with E-state index in [2.05, 4.69) is 26.1 Å². The molecule has 2 aromatic rings. The van der Waals surface area contributed by atoms with E-state index in [1.54, 1.807) is 12.1 Å². The summed E-state index contributed by atoms with van der Waals surface area (Å²) in [5.41, 5.74) is 6.60. The normalized spacial score (nSPS) is 11.4. The standard InChI is InChI=1S/C13H11BrFN3O2/c14-10-6-9(15)1-2-12(10)20-7-8-3-4-17-11(5-8)13(16)18-19/h1-6,19H,7H2,(H2,16,18). The Morgan fingerprint density at radius 1 is 1.40 bits per heavy atom. The van der Waals surface area contributed by atoms with Gasteiger partial charge in [0, 0.05) is 6.20 Å². The Bertz CT molecular complexity index is 649. The topological polar surface area (TPSA) is 80.7 Å². The molecule has 0 atom stereocenters. The quantitative estimate of drug-likeness (QED) is 0.388. The van der Waals surface area contributed by atoms with Crippen LogP contribution in [-0.4, -0.2) is 16.0 Å². The molecule has 2 rings (SSSR count). The number of rotatable bonds is 4. The van der Waals surface area contributed by atoms with E-state index in [0.29, 0.717) is 15.9 Å². The highest BCUT2D eigenvalue weighted by molar-refractivity contribution is 9.10. The van der Waals surface area contributed by atoms with E-state index < -0.39 is 0 Å². The third-order valence-electron chi connectivity index (χ3n) is 2.48. The van der Waals surface area contributed by atoms with E-state index in [1.807, 2.05) is 0 Å². The van der Waals surface area contributed by atoms with Gasteiger partial charge in [-0.05, 0) is 51.8 Å². The molecule has 0 aliphatic rings. The average Bonchev–Trinajstić information content (AvgIpc) is 2.46. The van der Waals surface area contributed by atoms with Crippen LogP contribution in [0.4, 0.5) is 4.39 Å². The predicted octanol–water partition coefficient (Wildman–Crippen LogP) is 2.66. The molecule has 0 aliphatic heterocycles. The summed E-state index contributed by atoms with van der Waals surface area (Å²) in [5.74, 6) is 0.103. The Balaban J connectivity index is 2.11. The van der Waals surface area contributed by atoms with Gasteiger partial charge in [0.2, 0.25) is 0 Å². The summed E-state index contributed by atoms with van der Waals surface area (Å²) in [7, 11) is 0. The minimum absolute atomic E-state index is 0.0742. The molecule has 1 aromatic carbocycles. The number of nitrogens with two attached hydrogens (primary N) is 1. The van der Waals surface area contributed by atoms with Crippen molar-refractivity contribution in [1.82, 2.24) is 4.98 Å². The number of oxime groups is 1. The molecule has 0 amide bonds. The molecule has 20 heavy (non-hydrogen) atoms. The van der Waals surface area contributed by atoms with Gasteiger partial charge in [0.05, 0.1) is 4.47 Å². The second-order valence-corrected chi connectivity index (χ2v) is 4.75. The van der Waals surface area contributed by atoms with Crippen molar-refractivity contribution in [2.45, 2.75) is 6.61 Å². The fourth-order valence-corrected chi connectivity index (χ4v) is 1.97. The molecule has 0 bridgehead atoms. The molecule has 0 aliphatic carbocycles. The number of nitrogens with zero attached hydrogens (tertiary/aromatic N) is 2. The number of hydrogen-bond acceptors (Lipinski definition) is 4. The fourth-order valence-electron chi connectivity index (χ4n) is 1.51. The Morgan fingerprint density at radius 2 is 2.20 bits per heavy atom. The largest absolute Gasteiger partial charge is 0.488 e. The van der Waals surface area contributed by atoms with Crippen molar-refractivity contribution >= 4 is 21.8 Å². The van der Waals surface area contributed by atoms with Gasteiger partial charge < -0.3 is 15.7 Å². The van der Waals surface area contributed by atoms with Crippen LogP contribution in [-0.2, 0) is 6.61 Å². The Hall–Kier alpha value is -2.15. The second-order valence-electron chi connectivity index (χ2n) is 3.90. The minimum Gasteiger partial charge on any atom is -0.488 e. The monoisotopic (exact) mass is 339 g/mol.